The summed E-state index contributed by atoms with van der Waals surface area (Å²) in [5.74, 6) is 1.18. The van der Waals surface area contributed by atoms with Gasteiger partial charge in [0.25, 0.3) is 5.91 Å². The fraction of sp³-hybridized carbons (Fsp3) is 0.474. The lowest BCUT2D eigenvalue weighted by atomic mass is 9.87. The van der Waals surface area contributed by atoms with E-state index in [0.29, 0.717) is 21.5 Å². The Morgan fingerprint density at radius 2 is 2.12 bits per heavy atom. The zero-order chi connectivity index (χ0) is 17.8. The van der Waals surface area contributed by atoms with E-state index in [1.807, 2.05) is 6.08 Å². The summed E-state index contributed by atoms with van der Waals surface area (Å²) in [6.07, 6.45) is 9.36. The van der Waals surface area contributed by atoms with Crippen LogP contribution in [0.5, 0.6) is 11.5 Å². The third-order valence-electron chi connectivity index (χ3n) is 4.86. The first-order valence-corrected chi connectivity index (χ1v) is 9.93. The van der Waals surface area contributed by atoms with Gasteiger partial charge in [-0.2, -0.15) is 0 Å². The Morgan fingerprint density at radius 3 is 2.84 bits per heavy atom. The fourth-order valence-corrected chi connectivity index (χ4v) is 4.72. The number of benzene rings is 1. The van der Waals surface area contributed by atoms with Crippen molar-refractivity contribution in [3.8, 4) is 11.5 Å². The Labute approximate surface area is 158 Å². The molecule has 6 heteroatoms. The molecular weight excluding hydrogens is 354 g/mol. The molecule has 1 saturated carbocycles. The molecule has 1 N–H and O–H groups in total. The third-order valence-corrected chi connectivity index (χ3v) is 6.24. The number of thioether (sulfide) groups is 1. The second-order valence-corrected chi connectivity index (χ2v) is 8.23. The van der Waals surface area contributed by atoms with E-state index < -0.39 is 0 Å². The normalized spacial score (nSPS) is 20.5. The molecule has 1 aliphatic carbocycles. The number of rotatable bonds is 5. The van der Waals surface area contributed by atoms with Crippen molar-refractivity contribution < 1.29 is 14.6 Å². The Bertz CT molecular complexity index is 696. The maximum Gasteiger partial charge on any atom is 0.266 e. The van der Waals surface area contributed by atoms with Gasteiger partial charge in [0.2, 0.25) is 0 Å². The lowest BCUT2D eigenvalue weighted by Crippen LogP contribution is -2.30. The molecule has 1 heterocycles. The lowest BCUT2D eigenvalue weighted by molar-refractivity contribution is -0.122. The predicted octanol–water partition coefficient (Wildman–Crippen LogP) is 4.57. The van der Waals surface area contributed by atoms with E-state index in [2.05, 4.69) is 0 Å². The predicted molar refractivity (Wildman–Crippen MR) is 106 cm³/mol. The summed E-state index contributed by atoms with van der Waals surface area (Å²) >= 11 is 6.76. The van der Waals surface area contributed by atoms with Gasteiger partial charge in [-0.1, -0.05) is 62.2 Å². The summed E-state index contributed by atoms with van der Waals surface area (Å²) in [5.41, 5.74) is 0.808. The summed E-state index contributed by atoms with van der Waals surface area (Å²) in [4.78, 5) is 15.0. The van der Waals surface area contributed by atoms with Gasteiger partial charge in [-0.25, -0.2) is 0 Å². The highest BCUT2D eigenvalue weighted by Crippen LogP contribution is 2.35. The first kappa shape index (κ1) is 18.3. The van der Waals surface area contributed by atoms with Crippen LogP contribution in [0.25, 0.3) is 6.08 Å². The number of hydrogen-bond acceptors (Lipinski definition) is 5. The van der Waals surface area contributed by atoms with E-state index in [-0.39, 0.29) is 11.7 Å². The molecule has 2 fully saturated rings. The van der Waals surface area contributed by atoms with Crippen LogP contribution in [0, 0.1) is 5.92 Å². The molecule has 1 aliphatic heterocycles. The first-order chi connectivity index (χ1) is 12.1. The molecule has 0 aromatic heterocycles. The Balaban J connectivity index is 1.67. The summed E-state index contributed by atoms with van der Waals surface area (Å²) in [6, 6.07) is 5.03. The van der Waals surface area contributed by atoms with E-state index in [9.17, 15) is 9.90 Å². The Morgan fingerprint density at radius 1 is 1.36 bits per heavy atom. The first-order valence-electron chi connectivity index (χ1n) is 8.71. The molecule has 25 heavy (non-hydrogen) atoms. The van der Waals surface area contributed by atoms with Crippen molar-refractivity contribution in [3.05, 3.63) is 28.7 Å². The van der Waals surface area contributed by atoms with Gasteiger partial charge in [0, 0.05) is 6.54 Å². The average Bonchev–Trinajstić information content (AvgIpc) is 2.89. The Hall–Kier alpha value is -1.53. The van der Waals surface area contributed by atoms with Crippen LogP contribution in [0.2, 0.25) is 0 Å². The minimum absolute atomic E-state index is 0.0159. The van der Waals surface area contributed by atoms with Crippen molar-refractivity contribution in [2.24, 2.45) is 5.92 Å². The Kier molecular flexibility index (Phi) is 6.02. The molecule has 0 unspecified atom stereocenters. The molecule has 0 radical (unpaired) electrons. The van der Waals surface area contributed by atoms with Crippen LogP contribution in [0.3, 0.4) is 0 Å². The van der Waals surface area contributed by atoms with Crippen LogP contribution >= 0.6 is 24.0 Å². The van der Waals surface area contributed by atoms with Crippen LogP contribution in [-0.4, -0.2) is 33.9 Å². The van der Waals surface area contributed by atoms with E-state index >= 15 is 0 Å². The third kappa shape index (κ3) is 4.36. The average molecular weight is 378 g/mol. The van der Waals surface area contributed by atoms with Gasteiger partial charge >= 0.3 is 0 Å². The number of ether oxygens (including phenoxy) is 1. The number of carbonyl (C=O) groups is 1. The van der Waals surface area contributed by atoms with Crippen molar-refractivity contribution in [2.45, 2.75) is 38.5 Å². The van der Waals surface area contributed by atoms with Crippen molar-refractivity contribution in [2.75, 3.05) is 13.7 Å². The molecule has 3 rings (SSSR count). The number of phenols is 1. The van der Waals surface area contributed by atoms with Crippen molar-refractivity contribution >= 4 is 40.3 Å². The standard InChI is InChI=1S/C19H23NO3S2/c1-23-16-11-14(7-8-15(16)21)12-17-18(22)20(19(24)25-17)10-9-13-5-3-2-4-6-13/h7-8,11-13,21H,2-6,9-10H2,1H3/b17-12-. The van der Waals surface area contributed by atoms with Gasteiger partial charge < -0.3 is 9.84 Å². The molecule has 2 aliphatic rings. The highest BCUT2D eigenvalue weighted by atomic mass is 32.2. The molecule has 0 spiro atoms. The molecule has 134 valence electrons. The monoisotopic (exact) mass is 377 g/mol. The number of amides is 1. The van der Waals surface area contributed by atoms with E-state index in [1.165, 1.54) is 51.0 Å². The van der Waals surface area contributed by atoms with Crippen LogP contribution in [0.1, 0.15) is 44.1 Å². The molecule has 4 nitrogen and oxygen atoms in total. The number of methoxy groups -OCH3 is 1. The molecule has 0 atom stereocenters. The lowest BCUT2D eigenvalue weighted by Gasteiger charge is -2.23. The van der Waals surface area contributed by atoms with E-state index in [4.69, 9.17) is 17.0 Å². The second kappa shape index (κ2) is 8.23. The van der Waals surface area contributed by atoms with Gasteiger partial charge in [-0.3, -0.25) is 9.69 Å². The fourth-order valence-electron chi connectivity index (χ4n) is 3.42. The molecule has 1 amide bonds. The number of carbonyl (C=O) groups excluding carboxylic acids is 1. The maximum absolute atomic E-state index is 12.7. The molecule has 0 bridgehead atoms. The van der Waals surface area contributed by atoms with Gasteiger partial charge in [0.05, 0.1) is 12.0 Å². The van der Waals surface area contributed by atoms with Crippen LogP contribution < -0.4 is 4.74 Å². The number of aromatic hydroxyl groups is 1. The van der Waals surface area contributed by atoms with E-state index in [0.717, 1.165) is 17.9 Å². The topological polar surface area (TPSA) is 49.8 Å². The van der Waals surface area contributed by atoms with Crippen LogP contribution in [0.4, 0.5) is 0 Å². The zero-order valence-corrected chi connectivity index (χ0v) is 16.0. The van der Waals surface area contributed by atoms with E-state index in [1.54, 1.807) is 23.1 Å². The minimum atomic E-state index is -0.0159. The summed E-state index contributed by atoms with van der Waals surface area (Å²) < 4.78 is 5.75. The summed E-state index contributed by atoms with van der Waals surface area (Å²) in [6.45, 7) is 0.714. The molecule has 1 saturated heterocycles. The number of nitrogens with zero attached hydrogens (tertiary/aromatic N) is 1. The van der Waals surface area contributed by atoms with Crippen LogP contribution in [-0.2, 0) is 4.79 Å². The SMILES string of the molecule is COc1cc(/C=C2\SC(=S)N(CCC3CCCCC3)C2=O)ccc1O. The number of phenolic OH excluding ortho intramolecular Hbond substituents is 1. The van der Waals surface area contributed by atoms with Gasteiger partial charge in [-0.15, -0.1) is 0 Å². The maximum atomic E-state index is 12.7. The number of thiocarbonyl (C=S) groups is 1. The van der Waals surface area contributed by atoms with Crippen molar-refractivity contribution in [1.29, 1.82) is 0 Å². The van der Waals surface area contributed by atoms with Gasteiger partial charge in [0.15, 0.2) is 11.5 Å². The van der Waals surface area contributed by atoms with Crippen LogP contribution in [0.15, 0.2) is 23.1 Å². The quantitative estimate of drug-likeness (QED) is 0.602. The second-order valence-electron chi connectivity index (χ2n) is 6.56. The summed E-state index contributed by atoms with van der Waals surface area (Å²) in [5, 5.41) is 9.68. The largest absolute Gasteiger partial charge is 0.504 e. The van der Waals surface area contributed by atoms with Gasteiger partial charge in [0.1, 0.15) is 4.32 Å². The smallest absolute Gasteiger partial charge is 0.266 e. The molecule has 1 aromatic carbocycles. The molecule has 1 aromatic rings. The minimum Gasteiger partial charge on any atom is -0.504 e. The summed E-state index contributed by atoms with van der Waals surface area (Å²) in [7, 11) is 1.50. The zero-order valence-electron chi connectivity index (χ0n) is 14.4. The van der Waals surface area contributed by atoms with Crippen molar-refractivity contribution in [1.82, 2.24) is 4.90 Å². The molecular formula is C19H23NO3S2. The van der Waals surface area contributed by atoms with Crippen molar-refractivity contribution in [3.63, 3.8) is 0 Å². The van der Waals surface area contributed by atoms with Gasteiger partial charge in [-0.05, 0) is 36.1 Å². The highest BCUT2D eigenvalue weighted by molar-refractivity contribution is 8.26. The highest BCUT2D eigenvalue weighted by Gasteiger charge is 2.32. The number of hydrogen-bond donors (Lipinski definition) is 1.